The van der Waals surface area contributed by atoms with Crippen molar-refractivity contribution in [3.63, 3.8) is 0 Å². The minimum absolute atomic E-state index is 0.962. The first kappa shape index (κ1) is 14.8. The van der Waals surface area contributed by atoms with Crippen LogP contribution in [0, 0.1) is 27.7 Å². The summed E-state index contributed by atoms with van der Waals surface area (Å²) in [5, 5.41) is 12.0. The van der Waals surface area contributed by atoms with Gasteiger partial charge in [0.2, 0.25) is 0 Å². The highest BCUT2D eigenvalue weighted by Crippen LogP contribution is 2.34. The van der Waals surface area contributed by atoms with E-state index in [0.717, 1.165) is 33.4 Å². The molecule has 0 bridgehead atoms. The lowest BCUT2D eigenvalue weighted by Crippen LogP contribution is -1.94. The second-order valence-corrected chi connectivity index (χ2v) is 6.41. The van der Waals surface area contributed by atoms with Crippen LogP contribution in [0.25, 0.3) is 32.8 Å². The van der Waals surface area contributed by atoms with E-state index < -0.39 is 0 Å². The quantitative estimate of drug-likeness (QED) is 0.492. The van der Waals surface area contributed by atoms with Crippen LogP contribution in [0.5, 0.6) is 0 Å². The van der Waals surface area contributed by atoms with Gasteiger partial charge in [-0.1, -0.05) is 24.3 Å². The Labute approximate surface area is 141 Å². The Morgan fingerprint density at radius 2 is 1.38 bits per heavy atom. The van der Waals surface area contributed by atoms with Crippen LogP contribution in [0.4, 0.5) is 0 Å². The first-order chi connectivity index (χ1) is 11.5. The Bertz CT molecular complexity index is 1100. The number of nitrogens with zero attached hydrogens (tertiary/aromatic N) is 3. The highest BCUT2D eigenvalue weighted by atomic mass is 15.1. The molecule has 0 saturated carbocycles. The fourth-order valence-corrected chi connectivity index (χ4v) is 3.37. The van der Waals surface area contributed by atoms with Crippen LogP contribution in [0.1, 0.15) is 22.6 Å². The van der Waals surface area contributed by atoms with E-state index in [0.29, 0.717) is 0 Å². The van der Waals surface area contributed by atoms with Gasteiger partial charge >= 0.3 is 0 Å². The third-order valence-electron chi connectivity index (χ3n) is 4.66. The van der Waals surface area contributed by atoms with Gasteiger partial charge in [-0.3, -0.25) is 4.98 Å². The Kier molecular flexibility index (Phi) is 3.31. The molecular formula is C21H19N3. The number of benzene rings is 2. The molecule has 0 aliphatic heterocycles. The molecule has 4 rings (SSSR count). The van der Waals surface area contributed by atoms with Gasteiger partial charge in [0.1, 0.15) is 0 Å². The highest BCUT2D eigenvalue weighted by Gasteiger charge is 2.11. The monoisotopic (exact) mass is 313 g/mol. The zero-order chi connectivity index (χ0) is 16.8. The summed E-state index contributed by atoms with van der Waals surface area (Å²) < 4.78 is 0. The predicted molar refractivity (Wildman–Crippen MR) is 99.2 cm³/mol. The summed E-state index contributed by atoms with van der Waals surface area (Å²) in [6.45, 7) is 8.20. The molecular weight excluding hydrogens is 294 g/mol. The summed E-state index contributed by atoms with van der Waals surface area (Å²) >= 11 is 0. The third kappa shape index (κ3) is 2.24. The molecule has 0 aliphatic carbocycles. The summed E-state index contributed by atoms with van der Waals surface area (Å²) in [7, 11) is 0. The maximum atomic E-state index is 4.67. The van der Waals surface area contributed by atoms with Crippen molar-refractivity contribution in [1.29, 1.82) is 0 Å². The van der Waals surface area contributed by atoms with Gasteiger partial charge < -0.3 is 0 Å². The Balaban J connectivity index is 2.06. The van der Waals surface area contributed by atoms with E-state index in [4.69, 9.17) is 0 Å². The van der Waals surface area contributed by atoms with E-state index in [2.05, 4.69) is 64.6 Å². The van der Waals surface area contributed by atoms with Gasteiger partial charge in [0, 0.05) is 21.9 Å². The van der Waals surface area contributed by atoms with Crippen LogP contribution in [0.2, 0.25) is 0 Å². The van der Waals surface area contributed by atoms with E-state index in [-0.39, 0.29) is 0 Å². The molecule has 3 nitrogen and oxygen atoms in total. The van der Waals surface area contributed by atoms with Crippen molar-refractivity contribution in [2.45, 2.75) is 27.7 Å². The number of aryl methyl sites for hydroxylation is 4. The van der Waals surface area contributed by atoms with Crippen molar-refractivity contribution in [3.05, 3.63) is 65.1 Å². The van der Waals surface area contributed by atoms with E-state index in [1.807, 2.05) is 20.8 Å². The average molecular weight is 313 g/mol. The average Bonchev–Trinajstić information content (AvgIpc) is 2.58. The van der Waals surface area contributed by atoms with Gasteiger partial charge in [0.05, 0.1) is 16.9 Å². The van der Waals surface area contributed by atoms with Crippen LogP contribution in [-0.2, 0) is 0 Å². The van der Waals surface area contributed by atoms with E-state index in [1.54, 1.807) is 0 Å². The van der Waals surface area contributed by atoms with Crippen molar-refractivity contribution in [2.24, 2.45) is 0 Å². The van der Waals surface area contributed by atoms with E-state index in [9.17, 15) is 0 Å². The lowest BCUT2D eigenvalue weighted by atomic mass is 9.93. The largest absolute Gasteiger partial charge is 0.253 e. The molecule has 0 amide bonds. The zero-order valence-electron chi connectivity index (χ0n) is 14.4. The lowest BCUT2D eigenvalue weighted by molar-refractivity contribution is 0.964. The molecule has 24 heavy (non-hydrogen) atoms. The predicted octanol–water partition coefficient (Wildman–Crippen LogP) is 5.08. The molecule has 4 aromatic rings. The minimum atomic E-state index is 0.962. The number of aromatic nitrogens is 3. The molecule has 0 radical (unpaired) electrons. The summed E-state index contributed by atoms with van der Waals surface area (Å²) in [5.41, 5.74) is 7.71. The molecule has 2 aromatic heterocycles. The first-order valence-corrected chi connectivity index (χ1v) is 8.15. The fraction of sp³-hybridized carbons (Fsp3) is 0.190. The maximum absolute atomic E-state index is 4.67. The molecule has 2 heterocycles. The SMILES string of the molecule is Cc1ccc2c(-c3ccc4c(C)nnc(C)c4c3)c(C)ccc2n1. The number of hydrogen-bond donors (Lipinski definition) is 0. The molecule has 0 saturated heterocycles. The van der Waals surface area contributed by atoms with Crippen molar-refractivity contribution in [3.8, 4) is 11.1 Å². The number of rotatable bonds is 1. The Hall–Kier alpha value is -2.81. The molecule has 0 spiro atoms. The van der Waals surface area contributed by atoms with Gasteiger partial charge in [-0.25, -0.2) is 0 Å². The zero-order valence-corrected chi connectivity index (χ0v) is 14.4. The third-order valence-corrected chi connectivity index (χ3v) is 4.66. The molecule has 0 atom stereocenters. The summed E-state index contributed by atoms with van der Waals surface area (Å²) in [6.07, 6.45) is 0. The van der Waals surface area contributed by atoms with Crippen molar-refractivity contribution < 1.29 is 0 Å². The van der Waals surface area contributed by atoms with Crippen molar-refractivity contribution in [2.75, 3.05) is 0 Å². The second kappa shape index (κ2) is 5.38. The molecule has 0 N–H and O–H groups in total. The second-order valence-electron chi connectivity index (χ2n) is 6.41. The minimum Gasteiger partial charge on any atom is -0.253 e. The first-order valence-electron chi connectivity index (χ1n) is 8.15. The van der Waals surface area contributed by atoms with Gasteiger partial charge in [-0.05, 0) is 62.6 Å². The van der Waals surface area contributed by atoms with Crippen LogP contribution in [-0.4, -0.2) is 15.2 Å². The van der Waals surface area contributed by atoms with Gasteiger partial charge in [-0.2, -0.15) is 10.2 Å². The highest BCUT2D eigenvalue weighted by molar-refractivity contribution is 5.99. The molecule has 0 unspecified atom stereocenters. The number of pyridine rings is 1. The molecule has 0 aliphatic rings. The normalized spacial score (nSPS) is 11.3. The number of fused-ring (bicyclic) bond motifs is 2. The van der Waals surface area contributed by atoms with Crippen molar-refractivity contribution in [1.82, 2.24) is 15.2 Å². The lowest BCUT2D eigenvalue weighted by Gasteiger charge is -2.13. The molecule has 118 valence electrons. The summed E-state index contributed by atoms with van der Waals surface area (Å²) in [4.78, 5) is 4.67. The topological polar surface area (TPSA) is 38.7 Å². The summed E-state index contributed by atoms with van der Waals surface area (Å²) in [5.74, 6) is 0. The van der Waals surface area contributed by atoms with Gasteiger partial charge in [-0.15, -0.1) is 0 Å². The van der Waals surface area contributed by atoms with Gasteiger partial charge in [0.15, 0.2) is 0 Å². The molecule has 0 fully saturated rings. The van der Waals surface area contributed by atoms with Crippen LogP contribution >= 0.6 is 0 Å². The Morgan fingerprint density at radius 3 is 2.17 bits per heavy atom. The van der Waals surface area contributed by atoms with Crippen LogP contribution in [0.3, 0.4) is 0 Å². The number of hydrogen-bond acceptors (Lipinski definition) is 3. The molecule has 3 heteroatoms. The fourth-order valence-electron chi connectivity index (χ4n) is 3.37. The maximum Gasteiger partial charge on any atom is 0.0711 e. The van der Waals surface area contributed by atoms with Crippen LogP contribution in [0.15, 0.2) is 42.5 Å². The smallest absolute Gasteiger partial charge is 0.0711 e. The van der Waals surface area contributed by atoms with Gasteiger partial charge in [0.25, 0.3) is 0 Å². The molecule has 2 aromatic carbocycles. The summed E-state index contributed by atoms with van der Waals surface area (Å²) in [6, 6.07) is 15.1. The van der Waals surface area contributed by atoms with Crippen molar-refractivity contribution >= 4 is 21.7 Å². The Morgan fingerprint density at radius 1 is 0.667 bits per heavy atom. The van der Waals surface area contributed by atoms with Crippen LogP contribution < -0.4 is 0 Å². The van der Waals surface area contributed by atoms with E-state index >= 15 is 0 Å². The van der Waals surface area contributed by atoms with E-state index in [1.165, 1.54) is 22.1 Å². The standard InChI is InChI=1S/C21H19N3/c1-12-5-10-20-18(8-6-13(2)22-20)21(12)16-7-9-17-14(3)23-24-15(4)19(17)11-16/h5-11H,1-4H3.